The first-order chi connectivity index (χ1) is 28.3. The second-order valence-electron chi connectivity index (χ2n) is 16.6. The zero-order valence-corrected chi connectivity index (χ0v) is 35.2. The van der Waals surface area contributed by atoms with Crippen molar-refractivity contribution in [2.24, 2.45) is 5.41 Å². The molecule has 2 saturated heterocycles. The van der Waals surface area contributed by atoms with Gasteiger partial charge in [-0.1, -0.05) is 26.0 Å². The van der Waals surface area contributed by atoms with E-state index in [1.807, 2.05) is 24.4 Å². The summed E-state index contributed by atoms with van der Waals surface area (Å²) in [4.78, 5) is 58.5. The van der Waals surface area contributed by atoms with E-state index in [0.29, 0.717) is 63.2 Å². The Morgan fingerprint density at radius 1 is 1.05 bits per heavy atom. The summed E-state index contributed by atoms with van der Waals surface area (Å²) in [6.45, 7) is 13.2. The lowest BCUT2D eigenvalue weighted by atomic mass is 9.84. The third-order valence-corrected chi connectivity index (χ3v) is 11.2. The fraction of sp³-hybridized carbons (Fsp3) is 0.457. The summed E-state index contributed by atoms with van der Waals surface area (Å²) < 4.78 is 13.2. The molecule has 0 unspecified atom stereocenters. The number of rotatable bonds is 16. The van der Waals surface area contributed by atoms with E-state index in [4.69, 9.17) is 9.47 Å². The van der Waals surface area contributed by atoms with Crippen LogP contribution in [0.3, 0.4) is 0 Å². The highest BCUT2D eigenvalue weighted by Gasteiger charge is 2.33. The number of piperidine rings is 1. The Morgan fingerprint density at radius 2 is 1.85 bits per heavy atom. The minimum absolute atomic E-state index is 0.0221. The number of amides is 3. The van der Waals surface area contributed by atoms with Gasteiger partial charge in [0.05, 0.1) is 18.9 Å². The summed E-state index contributed by atoms with van der Waals surface area (Å²) in [6, 6.07) is 12.5. The molecule has 0 bridgehead atoms. The van der Waals surface area contributed by atoms with Crippen LogP contribution < -0.4 is 10.7 Å². The molecule has 4 aromatic rings. The van der Waals surface area contributed by atoms with Gasteiger partial charge in [0.15, 0.2) is 0 Å². The van der Waals surface area contributed by atoms with Gasteiger partial charge in [-0.25, -0.2) is 5.43 Å². The number of nitrogens with zero attached hydrogens (tertiary/aromatic N) is 4. The lowest BCUT2D eigenvalue weighted by Crippen LogP contribution is -2.57. The topological polar surface area (TPSA) is 155 Å². The number of allylic oxidation sites excluding steroid dienone is 1. The zero-order chi connectivity index (χ0) is 42.3. The maximum Gasteiger partial charge on any atom is 0.293 e. The maximum atomic E-state index is 14.2. The predicted molar refractivity (Wildman–Crippen MR) is 227 cm³/mol. The van der Waals surface area contributed by atoms with Gasteiger partial charge in [-0.05, 0) is 117 Å². The fourth-order valence-corrected chi connectivity index (χ4v) is 8.47. The summed E-state index contributed by atoms with van der Waals surface area (Å²) in [6.07, 6.45) is 8.04. The number of carbonyl (C=O) groups excluding carboxylic acids is 4. The van der Waals surface area contributed by atoms with Crippen LogP contribution in [0.1, 0.15) is 83.4 Å². The molecule has 0 saturated carbocycles. The third kappa shape index (κ3) is 9.85. The van der Waals surface area contributed by atoms with Gasteiger partial charge < -0.3 is 29.4 Å². The van der Waals surface area contributed by atoms with Crippen LogP contribution >= 0.6 is 0 Å². The van der Waals surface area contributed by atoms with E-state index in [1.165, 1.54) is 0 Å². The zero-order valence-electron chi connectivity index (χ0n) is 35.2. The monoisotopic (exact) mass is 806 g/mol. The molecule has 3 amide bonds. The molecular formula is C46H58N6O7. The van der Waals surface area contributed by atoms with Crippen molar-refractivity contribution in [3.63, 3.8) is 0 Å². The number of fused-ring (bicyclic) bond motifs is 1. The smallest absolute Gasteiger partial charge is 0.293 e. The number of ether oxygens (including phenoxy) is 2. The normalized spacial score (nSPS) is 15.3. The van der Waals surface area contributed by atoms with Crippen molar-refractivity contribution >= 4 is 35.1 Å². The number of methoxy groups -OCH3 is 1. The highest BCUT2D eigenvalue weighted by molar-refractivity contribution is 6.00. The van der Waals surface area contributed by atoms with Crippen molar-refractivity contribution in [2.45, 2.75) is 98.8 Å². The number of carbonyl (C=O) groups is 4. The molecule has 2 aliphatic rings. The lowest BCUT2D eigenvalue weighted by molar-refractivity contribution is -0.140. The van der Waals surface area contributed by atoms with Crippen LogP contribution in [0.25, 0.3) is 33.3 Å². The second kappa shape index (κ2) is 19.0. The minimum Gasteiger partial charge on any atom is -0.508 e. The Balaban J connectivity index is 1.42. The molecule has 2 aromatic heterocycles. The number of pyridine rings is 1. The molecule has 13 nitrogen and oxygen atoms in total. The second-order valence-corrected chi connectivity index (χ2v) is 16.6. The van der Waals surface area contributed by atoms with Crippen molar-refractivity contribution in [2.75, 3.05) is 33.4 Å². The Hall–Kier alpha value is -5.53. The number of likely N-dealkylation sites (tertiary alicyclic amines) is 1. The van der Waals surface area contributed by atoms with Gasteiger partial charge in [0.1, 0.15) is 17.5 Å². The third-order valence-electron chi connectivity index (χ3n) is 11.2. The van der Waals surface area contributed by atoms with Crippen LogP contribution in [0.4, 0.5) is 0 Å². The number of hydrogen-bond donors (Lipinski definition) is 3. The Labute approximate surface area is 346 Å². The van der Waals surface area contributed by atoms with Crippen LogP contribution in [0, 0.1) is 5.41 Å². The molecule has 0 spiro atoms. The van der Waals surface area contributed by atoms with E-state index >= 15 is 0 Å². The van der Waals surface area contributed by atoms with Crippen molar-refractivity contribution in [1.82, 2.24) is 30.2 Å². The summed E-state index contributed by atoms with van der Waals surface area (Å²) in [5.41, 5.74) is 11.0. The highest BCUT2D eigenvalue weighted by atomic mass is 16.5. The molecule has 2 aliphatic heterocycles. The van der Waals surface area contributed by atoms with Gasteiger partial charge in [0.25, 0.3) is 18.3 Å². The lowest BCUT2D eigenvalue weighted by Gasteiger charge is -2.33. The van der Waals surface area contributed by atoms with Crippen molar-refractivity contribution in [1.29, 1.82) is 0 Å². The molecule has 59 heavy (non-hydrogen) atoms. The van der Waals surface area contributed by atoms with Gasteiger partial charge in [-0.2, -0.15) is 0 Å². The summed E-state index contributed by atoms with van der Waals surface area (Å²) in [7, 11) is 1.67. The quantitative estimate of drug-likeness (QED) is 0.0857. The average molecular weight is 807 g/mol. The molecule has 4 heterocycles. The number of aromatic hydroxyl groups is 1. The van der Waals surface area contributed by atoms with E-state index in [0.717, 1.165) is 70.1 Å². The van der Waals surface area contributed by atoms with Gasteiger partial charge in [0.2, 0.25) is 5.91 Å². The van der Waals surface area contributed by atoms with Gasteiger partial charge >= 0.3 is 0 Å². The highest BCUT2D eigenvalue weighted by Crippen LogP contribution is 2.41. The van der Waals surface area contributed by atoms with Crippen molar-refractivity contribution in [3.8, 4) is 28.1 Å². The Kier molecular flexibility index (Phi) is 13.9. The number of benzene rings is 2. The van der Waals surface area contributed by atoms with Crippen LogP contribution in [-0.4, -0.2) is 88.2 Å². The van der Waals surface area contributed by atoms with Gasteiger partial charge in [-0.3, -0.25) is 29.2 Å². The summed E-state index contributed by atoms with van der Waals surface area (Å²) in [5, 5.41) is 16.8. The molecule has 0 radical (unpaired) electrons. The first-order valence-electron chi connectivity index (χ1n) is 20.6. The van der Waals surface area contributed by atoms with E-state index in [2.05, 4.69) is 53.2 Å². The maximum absolute atomic E-state index is 14.2. The Morgan fingerprint density at radius 3 is 2.54 bits per heavy atom. The van der Waals surface area contributed by atoms with Gasteiger partial charge in [0, 0.05) is 80.4 Å². The standard InChI is InChI=1S/C46H58N6O7/c1-7-50-40-14-13-32(24-36(40)37(25-46(4,5)28-59-29-53)43(50)38-26-47-17-15-33(38)27-58-6)34-20-31(21-35(54)23-34)22-39(45(57)52-19-11-9-16-48-52)49-44(56)42(30(2)3)51-18-10-8-12-41(51)55/h13-15,17,20-21,23-24,26,29,39,48,54H,7-12,16,18-19,22,25,27-28H2,1-6H3,(H,49,56)/t39-/m0/s1. The molecule has 0 aliphatic carbocycles. The van der Waals surface area contributed by atoms with Crippen LogP contribution in [0.5, 0.6) is 5.75 Å². The molecule has 2 aromatic carbocycles. The molecule has 3 N–H and O–H groups in total. The SMILES string of the molecule is CCn1c(-c2cnccc2COC)c(CC(C)(C)COC=O)c2cc(-c3cc(O)cc(C[C@H](NC(=O)C(=C(C)C)N4CCCCC4=O)C(=O)N4CCCCN4)c3)ccc21. The molecule has 1 atom stereocenters. The van der Waals surface area contributed by atoms with E-state index in [1.54, 1.807) is 49.2 Å². The van der Waals surface area contributed by atoms with Crippen LogP contribution in [0.2, 0.25) is 0 Å². The number of phenols is 1. The van der Waals surface area contributed by atoms with Crippen LogP contribution in [-0.2, 0) is 54.6 Å². The molecule has 314 valence electrons. The van der Waals surface area contributed by atoms with Gasteiger partial charge in [-0.15, -0.1) is 0 Å². The molecule has 13 heteroatoms. The first kappa shape index (κ1) is 43.1. The molecular weight excluding hydrogens is 749 g/mol. The first-order valence-corrected chi connectivity index (χ1v) is 20.6. The largest absolute Gasteiger partial charge is 0.508 e. The van der Waals surface area contributed by atoms with Crippen molar-refractivity contribution < 1.29 is 33.8 Å². The fourth-order valence-electron chi connectivity index (χ4n) is 8.47. The Bertz CT molecular complexity index is 2220. The predicted octanol–water partition coefficient (Wildman–Crippen LogP) is 6.44. The number of aryl methyl sites for hydroxylation is 1. The van der Waals surface area contributed by atoms with Crippen LogP contribution in [0.15, 0.2) is 66.1 Å². The minimum atomic E-state index is -0.983. The van der Waals surface area contributed by atoms with E-state index in [9.17, 15) is 24.3 Å². The average Bonchev–Trinajstić information content (AvgIpc) is 3.52. The number of nitrogens with one attached hydrogen (secondary N) is 2. The number of phenolic OH excluding ortho intramolecular Hbond substituents is 1. The number of hydrogen-bond acceptors (Lipinski definition) is 9. The summed E-state index contributed by atoms with van der Waals surface area (Å²) >= 11 is 0. The molecule has 6 rings (SSSR count). The number of hydrazine groups is 1. The van der Waals surface area contributed by atoms with E-state index < -0.39 is 17.4 Å². The van der Waals surface area contributed by atoms with Crippen molar-refractivity contribution in [3.05, 3.63) is 82.8 Å². The summed E-state index contributed by atoms with van der Waals surface area (Å²) in [5.74, 6) is -0.844. The number of aromatic nitrogens is 2. The molecule has 2 fully saturated rings. The van der Waals surface area contributed by atoms with E-state index in [-0.39, 0.29) is 36.3 Å².